The van der Waals surface area contributed by atoms with E-state index in [-0.39, 0.29) is 6.54 Å². The zero-order valence-corrected chi connectivity index (χ0v) is 12.6. The molecule has 2 heterocycles. The van der Waals surface area contributed by atoms with Gasteiger partial charge in [0.15, 0.2) is 4.90 Å². The van der Waals surface area contributed by atoms with Crippen LogP contribution in [0.5, 0.6) is 0 Å². The molecule has 1 aliphatic heterocycles. The van der Waals surface area contributed by atoms with Crippen molar-refractivity contribution in [2.45, 2.75) is 30.7 Å². The van der Waals surface area contributed by atoms with Gasteiger partial charge in [0.25, 0.3) is 0 Å². The Labute approximate surface area is 126 Å². The molecule has 1 atom stereocenters. The van der Waals surface area contributed by atoms with Gasteiger partial charge in [-0.1, -0.05) is 11.2 Å². The molecule has 0 saturated carbocycles. The SMILES string of the molecule is Cc1cc([C@H]2CCCN2S(=O)(=O)c2c(F)cccc2F)no1. The van der Waals surface area contributed by atoms with Crippen LogP contribution in [0.25, 0.3) is 0 Å². The molecular weight excluding hydrogens is 314 g/mol. The van der Waals surface area contributed by atoms with Gasteiger partial charge in [0.1, 0.15) is 23.1 Å². The van der Waals surface area contributed by atoms with Crippen LogP contribution in [0.3, 0.4) is 0 Å². The van der Waals surface area contributed by atoms with Crippen LogP contribution < -0.4 is 0 Å². The van der Waals surface area contributed by atoms with Crippen molar-refractivity contribution in [2.24, 2.45) is 0 Å². The maximum absolute atomic E-state index is 13.9. The Morgan fingerprint density at radius 1 is 1.32 bits per heavy atom. The molecule has 0 spiro atoms. The highest BCUT2D eigenvalue weighted by Crippen LogP contribution is 2.37. The first kappa shape index (κ1) is 15.1. The van der Waals surface area contributed by atoms with Crippen molar-refractivity contribution in [2.75, 3.05) is 6.54 Å². The Morgan fingerprint density at radius 3 is 2.59 bits per heavy atom. The lowest BCUT2D eigenvalue weighted by atomic mass is 10.1. The largest absolute Gasteiger partial charge is 0.361 e. The van der Waals surface area contributed by atoms with Gasteiger partial charge in [-0.3, -0.25) is 0 Å². The number of benzene rings is 1. The molecule has 1 saturated heterocycles. The molecule has 8 heteroatoms. The van der Waals surface area contributed by atoms with E-state index < -0.39 is 32.6 Å². The normalized spacial score (nSPS) is 19.7. The van der Waals surface area contributed by atoms with Crippen molar-refractivity contribution in [1.82, 2.24) is 9.46 Å². The average molecular weight is 328 g/mol. The van der Waals surface area contributed by atoms with Crippen LogP contribution >= 0.6 is 0 Å². The smallest absolute Gasteiger partial charge is 0.249 e. The minimum absolute atomic E-state index is 0.187. The summed E-state index contributed by atoms with van der Waals surface area (Å²) in [6, 6.07) is 4.06. The second kappa shape index (κ2) is 5.44. The van der Waals surface area contributed by atoms with E-state index in [1.807, 2.05) is 0 Å². The third-order valence-electron chi connectivity index (χ3n) is 3.68. The van der Waals surface area contributed by atoms with E-state index in [1.54, 1.807) is 13.0 Å². The van der Waals surface area contributed by atoms with Gasteiger partial charge in [-0.15, -0.1) is 0 Å². The number of sulfonamides is 1. The van der Waals surface area contributed by atoms with Crippen molar-refractivity contribution >= 4 is 10.0 Å². The second-order valence-electron chi connectivity index (χ2n) is 5.19. The van der Waals surface area contributed by atoms with Crippen LogP contribution in [0.15, 0.2) is 33.7 Å². The molecule has 0 aliphatic carbocycles. The number of hydrogen-bond donors (Lipinski definition) is 0. The molecule has 118 valence electrons. The number of aromatic nitrogens is 1. The monoisotopic (exact) mass is 328 g/mol. The second-order valence-corrected chi connectivity index (χ2v) is 7.01. The molecule has 0 N–H and O–H groups in total. The third kappa shape index (κ3) is 2.42. The summed E-state index contributed by atoms with van der Waals surface area (Å²) in [6.45, 7) is 1.88. The molecule has 22 heavy (non-hydrogen) atoms. The molecule has 3 rings (SSSR count). The first-order valence-corrected chi connectivity index (χ1v) is 8.24. The summed E-state index contributed by atoms with van der Waals surface area (Å²) >= 11 is 0. The van der Waals surface area contributed by atoms with Crippen molar-refractivity contribution < 1.29 is 21.7 Å². The van der Waals surface area contributed by atoms with Crippen molar-refractivity contribution in [3.8, 4) is 0 Å². The van der Waals surface area contributed by atoms with Gasteiger partial charge in [-0.05, 0) is 31.9 Å². The zero-order valence-electron chi connectivity index (χ0n) is 11.8. The highest BCUT2D eigenvalue weighted by molar-refractivity contribution is 7.89. The maximum Gasteiger partial charge on any atom is 0.249 e. The summed E-state index contributed by atoms with van der Waals surface area (Å²) in [6.07, 6.45) is 1.12. The first-order valence-electron chi connectivity index (χ1n) is 6.80. The van der Waals surface area contributed by atoms with E-state index in [0.717, 1.165) is 22.5 Å². The van der Waals surface area contributed by atoms with Crippen LogP contribution in [-0.2, 0) is 10.0 Å². The maximum atomic E-state index is 13.9. The predicted molar refractivity (Wildman–Crippen MR) is 73.5 cm³/mol. The average Bonchev–Trinajstić information content (AvgIpc) is 3.06. The highest BCUT2D eigenvalue weighted by Gasteiger charge is 2.40. The highest BCUT2D eigenvalue weighted by atomic mass is 32.2. The quantitative estimate of drug-likeness (QED) is 0.869. The fourth-order valence-electron chi connectivity index (χ4n) is 2.71. The van der Waals surface area contributed by atoms with Crippen molar-refractivity contribution in [3.05, 3.63) is 47.4 Å². The van der Waals surface area contributed by atoms with Gasteiger partial charge in [-0.2, -0.15) is 4.31 Å². The molecule has 0 radical (unpaired) electrons. The molecule has 1 fully saturated rings. The number of halogens is 2. The van der Waals surface area contributed by atoms with Gasteiger partial charge in [0, 0.05) is 12.6 Å². The number of aryl methyl sites for hydroxylation is 1. The first-order chi connectivity index (χ1) is 10.4. The molecule has 1 aromatic carbocycles. The van der Waals surface area contributed by atoms with Crippen molar-refractivity contribution in [1.29, 1.82) is 0 Å². The molecule has 5 nitrogen and oxygen atoms in total. The minimum atomic E-state index is -4.29. The van der Waals surface area contributed by atoms with E-state index >= 15 is 0 Å². The van der Waals surface area contributed by atoms with Crippen molar-refractivity contribution in [3.63, 3.8) is 0 Å². The Hall–Kier alpha value is -1.80. The molecule has 1 aliphatic rings. The summed E-state index contributed by atoms with van der Waals surface area (Å²) in [7, 11) is -4.29. The standard InChI is InChI=1S/C14H14F2N2O3S/c1-9-8-12(17-21-9)13-6-3-7-18(13)22(19,20)14-10(15)4-2-5-11(14)16/h2,4-5,8,13H,3,6-7H2,1H3/t13-/m1/s1. The van der Waals surface area contributed by atoms with E-state index in [9.17, 15) is 17.2 Å². The van der Waals surface area contributed by atoms with Gasteiger partial charge in [-0.25, -0.2) is 17.2 Å². The lowest BCUT2D eigenvalue weighted by Gasteiger charge is -2.22. The van der Waals surface area contributed by atoms with Crippen LogP contribution in [0.4, 0.5) is 8.78 Å². The molecular formula is C14H14F2N2O3S. The van der Waals surface area contributed by atoms with Gasteiger partial charge < -0.3 is 4.52 Å². The molecule has 0 amide bonds. The van der Waals surface area contributed by atoms with E-state index in [1.165, 1.54) is 0 Å². The van der Waals surface area contributed by atoms with E-state index in [2.05, 4.69) is 5.16 Å². The number of rotatable bonds is 3. The lowest BCUT2D eigenvalue weighted by molar-refractivity contribution is 0.347. The summed E-state index contributed by atoms with van der Waals surface area (Å²) in [5, 5.41) is 3.83. The van der Waals surface area contributed by atoms with Gasteiger partial charge >= 0.3 is 0 Å². The molecule has 0 bridgehead atoms. The molecule has 1 aromatic heterocycles. The van der Waals surface area contributed by atoms with Crippen LogP contribution in [0.1, 0.15) is 30.3 Å². The zero-order chi connectivity index (χ0) is 15.9. The van der Waals surface area contributed by atoms with Crippen LogP contribution in [0.2, 0.25) is 0 Å². The Bertz CT molecular complexity index is 784. The van der Waals surface area contributed by atoms with Gasteiger partial charge in [0.2, 0.25) is 10.0 Å². The summed E-state index contributed by atoms with van der Waals surface area (Å²) in [4.78, 5) is -0.915. The Morgan fingerprint density at radius 2 is 2.00 bits per heavy atom. The van der Waals surface area contributed by atoms with E-state index in [4.69, 9.17) is 4.52 Å². The van der Waals surface area contributed by atoms with Crippen LogP contribution in [-0.4, -0.2) is 24.4 Å². The van der Waals surface area contributed by atoms with Crippen LogP contribution in [0, 0.1) is 18.6 Å². The van der Waals surface area contributed by atoms with E-state index in [0.29, 0.717) is 24.3 Å². The Kier molecular flexibility index (Phi) is 3.73. The van der Waals surface area contributed by atoms with Gasteiger partial charge in [0.05, 0.1) is 6.04 Å². The topological polar surface area (TPSA) is 63.4 Å². The Balaban J connectivity index is 2.05. The fourth-order valence-corrected chi connectivity index (χ4v) is 4.49. The summed E-state index contributed by atoms with van der Waals surface area (Å²) in [5.74, 6) is -1.64. The number of nitrogens with zero attached hydrogens (tertiary/aromatic N) is 2. The number of hydrogen-bond acceptors (Lipinski definition) is 4. The lowest BCUT2D eigenvalue weighted by Crippen LogP contribution is -2.32. The minimum Gasteiger partial charge on any atom is -0.361 e. The molecule has 0 unspecified atom stereocenters. The third-order valence-corrected chi connectivity index (χ3v) is 5.64. The summed E-state index contributed by atoms with van der Waals surface area (Å²) in [5.41, 5.74) is 0.454. The molecule has 2 aromatic rings. The fraction of sp³-hybridized carbons (Fsp3) is 0.357. The summed E-state index contributed by atoms with van der Waals surface area (Å²) < 4.78 is 59.1. The predicted octanol–water partition coefficient (Wildman–Crippen LogP) is 2.79.